The van der Waals surface area contributed by atoms with E-state index in [2.05, 4.69) is 15.4 Å². The number of hydrogen-bond acceptors (Lipinski definition) is 5. The molecule has 0 bridgehead atoms. The van der Waals surface area contributed by atoms with Gasteiger partial charge in [0.15, 0.2) is 0 Å². The maximum Gasteiger partial charge on any atom is 0.368 e. The number of halogens is 2. The highest BCUT2D eigenvalue weighted by Crippen LogP contribution is 2.27. The van der Waals surface area contributed by atoms with Crippen molar-refractivity contribution < 1.29 is 13.5 Å². The summed E-state index contributed by atoms with van der Waals surface area (Å²) in [4.78, 5) is 16.0. The molecule has 0 amide bonds. The summed E-state index contributed by atoms with van der Waals surface area (Å²) in [6.07, 6.45) is -1.19. The van der Waals surface area contributed by atoms with E-state index in [1.807, 2.05) is 0 Å². The number of aryl methyl sites for hydroxylation is 1. The van der Waals surface area contributed by atoms with Gasteiger partial charge in [0, 0.05) is 30.4 Å². The maximum absolute atomic E-state index is 13.4. The Morgan fingerprint density at radius 1 is 1.17 bits per heavy atom. The first kappa shape index (κ1) is 15.8. The lowest BCUT2D eigenvalue weighted by Crippen LogP contribution is -2.23. The van der Waals surface area contributed by atoms with Crippen molar-refractivity contribution in [3.05, 3.63) is 64.2 Å². The third kappa shape index (κ3) is 3.00. The predicted molar refractivity (Wildman–Crippen MR) is 80.1 cm³/mol. The zero-order valence-corrected chi connectivity index (χ0v) is 12.6. The standard InChI is InChI=1S/C15H13F2N5O2/c1-21-15(23)22(20-19-21)12-6-4-5-10(14(16)17)11(12)9-24-13-7-2-3-8-18-13/h2-8,14H,9H2,1H3. The molecule has 1 aromatic carbocycles. The summed E-state index contributed by atoms with van der Waals surface area (Å²) in [5.41, 5.74) is -0.427. The molecular formula is C15H13F2N5O2. The molecule has 0 saturated carbocycles. The normalized spacial score (nSPS) is 11.0. The lowest BCUT2D eigenvalue weighted by atomic mass is 10.1. The minimum absolute atomic E-state index is 0.153. The molecule has 2 heterocycles. The van der Waals surface area contributed by atoms with Crippen molar-refractivity contribution in [1.29, 1.82) is 0 Å². The summed E-state index contributed by atoms with van der Waals surface area (Å²) in [6, 6.07) is 9.27. The second kappa shape index (κ2) is 6.57. The van der Waals surface area contributed by atoms with Crippen LogP contribution in [-0.2, 0) is 13.7 Å². The Morgan fingerprint density at radius 2 is 2.00 bits per heavy atom. The van der Waals surface area contributed by atoms with Gasteiger partial charge in [0.1, 0.15) is 6.61 Å². The van der Waals surface area contributed by atoms with Crippen LogP contribution < -0.4 is 10.4 Å². The van der Waals surface area contributed by atoms with Crippen molar-refractivity contribution in [1.82, 2.24) is 24.8 Å². The molecule has 0 spiro atoms. The van der Waals surface area contributed by atoms with Gasteiger partial charge < -0.3 is 4.74 Å². The summed E-state index contributed by atoms with van der Waals surface area (Å²) in [5, 5.41) is 7.31. The topological polar surface area (TPSA) is 74.8 Å². The summed E-state index contributed by atoms with van der Waals surface area (Å²) in [7, 11) is 1.42. The van der Waals surface area contributed by atoms with Gasteiger partial charge in [-0.15, -0.1) is 0 Å². The average molecular weight is 333 g/mol. The number of nitrogens with zero attached hydrogens (tertiary/aromatic N) is 5. The van der Waals surface area contributed by atoms with Gasteiger partial charge >= 0.3 is 5.69 Å². The molecule has 3 aromatic rings. The number of hydrogen-bond donors (Lipinski definition) is 0. The van der Waals surface area contributed by atoms with Crippen LogP contribution in [0.2, 0.25) is 0 Å². The molecule has 0 fully saturated rings. The molecule has 24 heavy (non-hydrogen) atoms. The molecule has 0 aliphatic heterocycles. The van der Waals surface area contributed by atoms with E-state index in [4.69, 9.17) is 4.74 Å². The number of alkyl halides is 2. The molecule has 0 aliphatic carbocycles. The third-order valence-corrected chi connectivity index (χ3v) is 3.37. The lowest BCUT2D eigenvalue weighted by molar-refractivity contribution is 0.147. The molecule has 0 unspecified atom stereocenters. The second-order valence-corrected chi connectivity index (χ2v) is 4.90. The Kier molecular flexibility index (Phi) is 4.32. The Morgan fingerprint density at radius 3 is 2.62 bits per heavy atom. The van der Waals surface area contributed by atoms with Crippen LogP contribution in [0, 0.1) is 0 Å². The number of benzene rings is 1. The van der Waals surface area contributed by atoms with Crippen molar-refractivity contribution in [3.8, 4) is 11.6 Å². The molecule has 7 nitrogen and oxygen atoms in total. The first-order chi connectivity index (χ1) is 11.6. The fourth-order valence-corrected chi connectivity index (χ4v) is 2.20. The molecule has 0 radical (unpaired) electrons. The maximum atomic E-state index is 13.4. The van der Waals surface area contributed by atoms with Crippen LogP contribution in [0.3, 0.4) is 0 Å². The van der Waals surface area contributed by atoms with Crippen LogP contribution in [0.5, 0.6) is 5.88 Å². The van der Waals surface area contributed by atoms with Crippen molar-refractivity contribution in [2.45, 2.75) is 13.0 Å². The number of rotatable bonds is 5. The Hall–Kier alpha value is -3.10. The zero-order chi connectivity index (χ0) is 17.1. The molecule has 124 valence electrons. The molecular weight excluding hydrogens is 320 g/mol. The first-order valence-electron chi connectivity index (χ1n) is 7.01. The van der Waals surface area contributed by atoms with E-state index >= 15 is 0 Å². The van der Waals surface area contributed by atoms with Gasteiger partial charge in [-0.1, -0.05) is 18.2 Å². The second-order valence-electron chi connectivity index (χ2n) is 4.90. The minimum atomic E-state index is -2.72. The van der Waals surface area contributed by atoms with Crippen LogP contribution in [0.25, 0.3) is 5.69 Å². The number of tetrazole rings is 1. The van der Waals surface area contributed by atoms with Crippen molar-refractivity contribution in [2.24, 2.45) is 7.05 Å². The monoisotopic (exact) mass is 333 g/mol. The van der Waals surface area contributed by atoms with Crippen LogP contribution in [0.1, 0.15) is 17.6 Å². The predicted octanol–water partition coefficient (Wildman–Crippen LogP) is 1.88. The Bertz CT molecular complexity index is 892. The molecule has 3 rings (SSSR count). The molecule has 0 saturated heterocycles. The zero-order valence-electron chi connectivity index (χ0n) is 12.6. The van der Waals surface area contributed by atoms with Gasteiger partial charge in [-0.25, -0.2) is 18.6 Å². The Balaban J connectivity index is 2.04. The summed E-state index contributed by atoms with van der Waals surface area (Å²) >= 11 is 0. The highest BCUT2D eigenvalue weighted by atomic mass is 19.3. The SMILES string of the molecule is Cn1nnn(-c2cccc(C(F)F)c2COc2ccccn2)c1=O. The van der Waals surface area contributed by atoms with Gasteiger partial charge in [0.2, 0.25) is 5.88 Å². The Labute approximate surface area is 135 Å². The van der Waals surface area contributed by atoms with Gasteiger partial charge in [-0.3, -0.25) is 0 Å². The van der Waals surface area contributed by atoms with Gasteiger partial charge in [-0.2, -0.15) is 9.36 Å². The highest BCUT2D eigenvalue weighted by molar-refractivity contribution is 5.45. The van der Waals surface area contributed by atoms with Gasteiger partial charge in [0.05, 0.1) is 5.69 Å². The summed E-state index contributed by atoms with van der Waals surface area (Å²) in [6.45, 7) is -0.185. The molecule has 0 aliphatic rings. The lowest BCUT2D eigenvalue weighted by Gasteiger charge is -2.14. The minimum Gasteiger partial charge on any atom is -0.473 e. The van der Waals surface area contributed by atoms with Crippen LogP contribution >= 0.6 is 0 Å². The van der Waals surface area contributed by atoms with E-state index in [1.54, 1.807) is 18.2 Å². The average Bonchev–Trinajstić information content (AvgIpc) is 2.92. The fraction of sp³-hybridized carbons (Fsp3) is 0.200. The van der Waals surface area contributed by atoms with E-state index < -0.39 is 12.1 Å². The quantitative estimate of drug-likeness (QED) is 0.713. The van der Waals surface area contributed by atoms with E-state index in [1.165, 1.54) is 31.4 Å². The van der Waals surface area contributed by atoms with E-state index in [0.29, 0.717) is 5.88 Å². The van der Waals surface area contributed by atoms with E-state index in [0.717, 1.165) is 9.36 Å². The van der Waals surface area contributed by atoms with Gasteiger partial charge in [0.25, 0.3) is 6.43 Å². The van der Waals surface area contributed by atoms with Crippen LogP contribution in [0.4, 0.5) is 8.78 Å². The molecule has 0 atom stereocenters. The van der Waals surface area contributed by atoms with Gasteiger partial charge in [-0.05, 0) is 22.6 Å². The van der Waals surface area contributed by atoms with Crippen LogP contribution in [0.15, 0.2) is 47.4 Å². The number of pyridine rings is 1. The van der Waals surface area contributed by atoms with Crippen LogP contribution in [-0.4, -0.2) is 24.8 Å². The fourth-order valence-electron chi connectivity index (χ4n) is 2.20. The summed E-state index contributed by atoms with van der Waals surface area (Å²) in [5.74, 6) is 0.291. The first-order valence-corrected chi connectivity index (χ1v) is 7.01. The molecule has 9 heteroatoms. The third-order valence-electron chi connectivity index (χ3n) is 3.37. The number of aromatic nitrogens is 5. The largest absolute Gasteiger partial charge is 0.473 e. The summed E-state index contributed by atoms with van der Waals surface area (Å²) < 4.78 is 34.2. The van der Waals surface area contributed by atoms with E-state index in [9.17, 15) is 13.6 Å². The van der Waals surface area contributed by atoms with Crippen molar-refractivity contribution in [2.75, 3.05) is 0 Å². The van der Waals surface area contributed by atoms with Crippen molar-refractivity contribution in [3.63, 3.8) is 0 Å². The highest BCUT2D eigenvalue weighted by Gasteiger charge is 2.20. The van der Waals surface area contributed by atoms with E-state index in [-0.39, 0.29) is 23.4 Å². The van der Waals surface area contributed by atoms with Crippen molar-refractivity contribution >= 4 is 0 Å². The number of ether oxygens (including phenoxy) is 1. The smallest absolute Gasteiger partial charge is 0.368 e. The molecule has 0 N–H and O–H groups in total. The molecule has 2 aromatic heterocycles.